The molecule has 2 rings (SSSR count). The third kappa shape index (κ3) is 4.13. The zero-order valence-electron chi connectivity index (χ0n) is 11.2. The molecular formula is C14H21N3O2. The second kappa shape index (κ2) is 6.99. The van der Waals surface area contributed by atoms with Gasteiger partial charge in [0.05, 0.1) is 12.8 Å². The molecule has 0 aliphatic carbocycles. The molecule has 1 aromatic carbocycles. The number of urea groups is 1. The van der Waals surface area contributed by atoms with Crippen molar-refractivity contribution in [3.8, 4) is 5.75 Å². The molecule has 1 unspecified atom stereocenters. The molecule has 1 aromatic rings. The standard InChI is InChI=1S/C14H21N3O2/c1-19-13-7-3-2-6-12(13)17-14(18)16-10-11-5-4-8-15-9-11/h2-3,6-7,11,15H,4-5,8-10H2,1H3,(H2,16,17,18). The molecule has 1 atom stereocenters. The Morgan fingerprint density at radius 2 is 2.32 bits per heavy atom. The summed E-state index contributed by atoms with van der Waals surface area (Å²) in [6, 6.07) is 7.19. The summed E-state index contributed by atoms with van der Waals surface area (Å²) in [4.78, 5) is 11.8. The number of carbonyl (C=O) groups is 1. The van der Waals surface area contributed by atoms with Crippen molar-refractivity contribution in [3.05, 3.63) is 24.3 Å². The van der Waals surface area contributed by atoms with Crippen LogP contribution in [0.25, 0.3) is 0 Å². The molecule has 1 aliphatic heterocycles. The largest absolute Gasteiger partial charge is 0.495 e. The highest BCUT2D eigenvalue weighted by Gasteiger charge is 2.14. The van der Waals surface area contributed by atoms with Gasteiger partial charge in [-0.05, 0) is 44.0 Å². The molecule has 5 nitrogen and oxygen atoms in total. The van der Waals surface area contributed by atoms with Crippen LogP contribution >= 0.6 is 0 Å². The number of ether oxygens (including phenoxy) is 1. The number of nitrogens with one attached hydrogen (secondary N) is 3. The average molecular weight is 263 g/mol. The van der Waals surface area contributed by atoms with Crippen LogP contribution in [-0.4, -0.2) is 32.8 Å². The molecule has 0 saturated carbocycles. The van der Waals surface area contributed by atoms with Gasteiger partial charge in [-0.1, -0.05) is 12.1 Å². The average Bonchev–Trinajstić information content (AvgIpc) is 2.47. The Bertz CT molecular complexity index is 417. The summed E-state index contributed by atoms with van der Waals surface area (Å²) in [5, 5.41) is 9.05. The summed E-state index contributed by atoms with van der Waals surface area (Å²) in [5.41, 5.74) is 0.685. The van der Waals surface area contributed by atoms with E-state index in [1.165, 1.54) is 12.8 Å². The Labute approximate surface area is 113 Å². The molecule has 0 bridgehead atoms. The fraction of sp³-hybridized carbons (Fsp3) is 0.500. The van der Waals surface area contributed by atoms with Crippen molar-refractivity contribution in [1.82, 2.24) is 10.6 Å². The van der Waals surface area contributed by atoms with Crippen molar-refractivity contribution in [2.75, 3.05) is 32.1 Å². The molecule has 1 aliphatic rings. The van der Waals surface area contributed by atoms with Gasteiger partial charge in [0, 0.05) is 6.54 Å². The molecular weight excluding hydrogens is 242 g/mol. The summed E-state index contributed by atoms with van der Waals surface area (Å²) in [6.07, 6.45) is 2.35. The normalized spacial score (nSPS) is 18.7. The van der Waals surface area contributed by atoms with Crippen molar-refractivity contribution in [2.45, 2.75) is 12.8 Å². The lowest BCUT2D eigenvalue weighted by Gasteiger charge is -2.23. The molecule has 3 N–H and O–H groups in total. The first kappa shape index (κ1) is 13.7. The maximum Gasteiger partial charge on any atom is 0.319 e. The summed E-state index contributed by atoms with van der Waals surface area (Å²) in [6.45, 7) is 2.77. The van der Waals surface area contributed by atoms with Crippen LogP contribution in [-0.2, 0) is 0 Å². The highest BCUT2D eigenvalue weighted by Crippen LogP contribution is 2.22. The van der Waals surface area contributed by atoms with Crippen molar-refractivity contribution in [2.24, 2.45) is 5.92 Å². The minimum atomic E-state index is -0.185. The summed E-state index contributed by atoms with van der Waals surface area (Å²) in [5.74, 6) is 1.19. The lowest BCUT2D eigenvalue weighted by atomic mass is 10.00. The maximum atomic E-state index is 11.8. The Morgan fingerprint density at radius 1 is 1.47 bits per heavy atom. The topological polar surface area (TPSA) is 62.4 Å². The number of benzene rings is 1. The van der Waals surface area contributed by atoms with E-state index in [4.69, 9.17) is 4.74 Å². The minimum absolute atomic E-state index is 0.185. The molecule has 1 heterocycles. The number of hydrogen-bond donors (Lipinski definition) is 3. The number of hydrogen-bond acceptors (Lipinski definition) is 3. The number of para-hydroxylation sites is 2. The van der Waals surface area contributed by atoms with E-state index in [2.05, 4.69) is 16.0 Å². The van der Waals surface area contributed by atoms with E-state index in [0.29, 0.717) is 23.9 Å². The number of amides is 2. The van der Waals surface area contributed by atoms with Crippen LogP contribution in [0.2, 0.25) is 0 Å². The van der Waals surface area contributed by atoms with Crippen LogP contribution in [0, 0.1) is 5.92 Å². The molecule has 5 heteroatoms. The van der Waals surface area contributed by atoms with Crippen molar-refractivity contribution in [3.63, 3.8) is 0 Å². The zero-order chi connectivity index (χ0) is 13.5. The van der Waals surface area contributed by atoms with Crippen LogP contribution in [0.1, 0.15) is 12.8 Å². The van der Waals surface area contributed by atoms with E-state index >= 15 is 0 Å². The van der Waals surface area contributed by atoms with E-state index in [0.717, 1.165) is 13.1 Å². The third-order valence-corrected chi connectivity index (χ3v) is 3.31. The van der Waals surface area contributed by atoms with Gasteiger partial charge in [-0.2, -0.15) is 0 Å². The van der Waals surface area contributed by atoms with Gasteiger partial charge < -0.3 is 20.7 Å². The quantitative estimate of drug-likeness (QED) is 0.776. The second-order valence-corrected chi connectivity index (χ2v) is 4.75. The second-order valence-electron chi connectivity index (χ2n) is 4.75. The van der Waals surface area contributed by atoms with Gasteiger partial charge in [0.1, 0.15) is 5.75 Å². The summed E-state index contributed by atoms with van der Waals surface area (Å²) < 4.78 is 5.19. The molecule has 0 spiro atoms. The summed E-state index contributed by atoms with van der Waals surface area (Å²) in [7, 11) is 1.59. The number of rotatable bonds is 4. The van der Waals surface area contributed by atoms with Crippen LogP contribution < -0.4 is 20.7 Å². The molecule has 1 fully saturated rings. The van der Waals surface area contributed by atoms with Crippen molar-refractivity contribution < 1.29 is 9.53 Å². The number of methoxy groups -OCH3 is 1. The molecule has 1 saturated heterocycles. The van der Waals surface area contributed by atoms with Gasteiger partial charge in [0.25, 0.3) is 0 Å². The van der Waals surface area contributed by atoms with E-state index in [1.54, 1.807) is 7.11 Å². The molecule has 19 heavy (non-hydrogen) atoms. The smallest absolute Gasteiger partial charge is 0.319 e. The van der Waals surface area contributed by atoms with Crippen LogP contribution in [0.15, 0.2) is 24.3 Å². The van der Waals surface area contributed by atoms with Gasteiger partial charge >= 0.3 is 6.03 Å². The monoisotopic (exact) mass is 263 g/mol. The van der Waals surface area contributed by atoms with E-state index < -0.39 is 0 Å². The van der Waals surface area contributed by atoms with Crippen molar-refractivity contribution in [1.29, 1.82) is 0 Å². The first-order chi connectivity index (χ1) is 9.29. The van der Waals surface area contributed by atoms with Gasteiger partial charge in [-0.3, -0.25) is 0 Å². The molecule has 104 valence electrons. The Kier molecular flexibility index (Phi) is 5.03. The third-order valence-electron chi connectivity index (χ3n) is 3.31. The molecule has 0 aromatic heterocycles. The maximum absolute atomic E-state index is 11.8. The van der Waals surface area contributed by atoms with Gasteiger partial charge in [-0.25, -0.2) is 4.79 Å². The molecule has 0 radical (unpaired) electrons. The van der Waals surface area contributed by atoms with E-state index in [1.807, 2.05) is 24.3 Å². The number of carbonyl (C=O) groups excluding carboxylic acids is 1. The fourth-order valence-electron chi connectivity index (χ4n) is 2.25. The van der Waals surface area contributed by atoms with Gasteiger partial charge in [-0.15, -0.1) is 0 Å². The van der Waals surface area contributed by atoms with Crippen LogP contribution in [0.3, 0.4) is 0 Å². The predicted molar refractivity (Wildman–Crippen MR) is 75.6 cm³/mol. The summed E-state index contributed by atoms with van der Waals surface area (Å²) >= 11 is 0. The molecule has 2 amide bonds. The first-order valence-corrected chi connectivity index (χ1v) is 6.68. The van der Waals surface area contributed by atoms with Crippen LogP contribution in [0.5, 0.6) is 5.75 Å². The Balaban J connectivity index is 1.80. The first-order valence-electron chi connectivity index (χ1n) is 6.68. The SMILES string of the molecule is COc1ccccc1NC(=O)NCC1CCCNC1. The minimum Gasteiger partial charge on any atom is -0.495 e. The van der Waals surface area contributed by atoms with Gasteiger partial charge in [0.15, 0.2) is 0 Å². The highest BCUT2D eigenvalue weighted by atomic mass is 16.5. The predicted octanol–water partition coefficient (Wildman–Crippen LogP) is 1.82. The zero-order valence-corrected chi connectivity index (χ0v) is 11.2. The van der Waals surface area contributed by atoms with Crippen LogP contribution in [0.4, 0.5) is 10.5 Å². The Hall–Kier alpha value is -1.75. The highest BCUT2D eigenvalue weighted by molar-refractivity contribution is 5.90. The number of piperidine rings is 1. The van der Waals surface area contributed by atoms with E-state index in [9.17, 15) is 4.79 Å². The Morgan fingerprint density at radius 3 is 3.05 bits per heavy atom. The number of anilines is 1. The fourth-order valence-corrected chi connectivity index (χ4v) is 2.25. The van der Waals surface area contributed by atoms with Gasteiger partial charge in [0.2, 0.25) is 0 Å². The van der Waals surface area contributed by atoms with E-state index in [-0.39, 0.29) is 6.03 Å². The van der Waals surface area contributed by atoms with Crippen molar-refractivity contribution >= 4 is 11.7 Å². The lowest BCUT2D eigenvalue weighted by Crippen LogP contribution is -2.39. The lowest BCUT2D eigenvalue weighted by molar-refractivity contribution is 0.248.